The highest BCUT2D eigenvalue weighted by molar-refractivity contribution is 6.27. The Labute approximate surface area is 68.5 Å². The fourth-order valence-corrected chi connectivity index (χ4v) is 1.36. The molecule has 0 aromatic carbocycles. The molecular formula is C8H15BO2. The Balaban J connectivity index is 2.09. The van der Waals surface area contributed by atoms with E-state index in [1.807, 2.05) is 0 Å². The van der Waals surface area contributed by atoms with Crippen LogP contribution >= 0.6 is 0 Å². The molecule has 0 saturated carbocycles. The van der Waals surface area contributed by atoms with E-state index in [0.29, 0.717) is 12.5 Å². The maximum absolute atomic E-state index is 8.83. The Morgan fingerprint density at radius 2 is 2.55 bits per heavy atom. The predicted octanol–water partition coefficient (Wildman–Crippen LogP) is 1.79. The molecule has 1 unspecified atom stereocenters. The normalized spacial score (nSPS) is 24.2. The molecule has 2 nitrogen and oxygen atoms in total. The molecular weight excluding hydrogens is 139 g/mol. The van der Waals surface area contributed by atoms with Crippen molar-refractivity contribution >= 4 is 7.48 Å². The molecule has 0 amide bonds. The molecule has 0 radical (unpaired) electrons. The van der Waals surface area contributed by atoms with Crippen LogP contribution in [0.1, 0.15) is 25.7 Å². The number of hydrogen-bond donors (Lipinski definition) is 1. The molecule has 1 fully saturated rings. The van der Waals surface area contributed by atoms with Crippen molar-refractivity contribution in [2.75, 3.05) is 0 Å². The van der Waals surface area contributed by atoms with Crippen LogP contribution in [0.25, 0.3) is 0 Å². The summed E-state index contributed by atoms with van der Waals surface area (Å²) in [5.74, 6) is 0.277. The highest BCUT2D eigenvalue weighted by atomic mass is 16.4. The molecule has 3 heteroatoms. The van der Waals surface area contributed by atoms with Crippen LogP contribution in [0, 0.1) is 0 Å². The minimum atomic E-state index is 0.277. The molecule has 11 heavy (non-hydrogen) atoms. The van der Waals surface area contributed by atoms with Crippen LogP contribution in [0.5, 0.6) is 0 Å². The summed E-state index contributed by atoms with van der Waals surface area (Å²) in [5.41, 5.74) is 0. The monoisotopic (exact) mass is 154 g/mol. The van der Waals surface area contributed by atoms with Gasteiger partial charge in [0.15, 0.2) is 0 Å². The lowest BCUT2D eigenvalue weighted by Crippen LogP contribution is -2.20. The Hall–Kier alpha value is -0.435. The molecule has 0 bridgehead atoms. The molecule has 0 aromatic rings. The minimum absolute atomic E-state index is 0.277. The third kappa shape index (κ3) is 3.47. The maximum atomic E-state index is 8.83. The van der Waals surface area contributed by atoms with Crippen molar-refractivity contribution in [3.05, 3.63) is 12.3 Å². The van der Waals surface area contributed by atoms with Gasteiger partial charge in [0.2, 0.25) is 0 Å². The Bertz CT molecular complexity index is 130. The molecule has 0 spiro atoms. The molecule has 1 aliphatic heterocycles. The van der Waals surface area contributed by atoms with Crippen LogP contribution in [-0.4, -0.2) is 18.7 Å². The van der Waals surface area contributed by atoms with Crippen molar-refractivity contribution in [3.8, 4) is 0 Å². The average Bonchev–Trinajstić information content (AvgIpc) is 2.03. The fraction of sp³-hybridized carbons (Fsp3) is 0.750. The standard InChI is InChI=1S/C8H15BO2/c1-7(10)4-5-8-3-2-6-9-11-8/h8-10H,1-6H2. The number of allylic oxidation sites excluding steroid dienone is 1. The van der Waals surface area contributed by atoms with Gasteiger partial charge in [-0.25, -0.2) is 0 Å². The van der Waals surface area contributed by atoms with Gasteiger partial charge in [0.1, 0.15) is 0 Å². The van der Waals surface area contributed by atoms with E-state index in [0.717, 1.165) is 20.3 Å². The Morgan fingerprint density at radius 3 is 3.09 bits per heavy atom. The number of aliphatic hydroxyl groups excluding tert-OH is 1. The van der Waals surface area contributed by atoms with E-state index in [-0.39, 0.29) is 5.76 Å². The van der Waals surface area contributed by atoms with Crippen molar-refractivity contribution in [1.29, 1.82) is 0 Å². The third-order valence-corrected chi connectivity index (χ3v) is 2.03. The van der Waals surface area contributed by atoms with E-state index in [9.17, 15) is 0 Å². The highest BCUT2D eigenvalue weighted by Crippen LogP contribution is 2.17. The van der Waals surface area contributed by atoms with Crippen LogP contribution < -0.4 is 0 Å². The van der Waals surface area contributed by atoms with Crippen LogP contribution in [0.4, 0.5) is 0 Å². The van der Waals surface area contributed by atoms with Gasteiger partial charge >= 0.3 is 0 Å². The highest BCUT2D eigenvalue weighted by Gasteiger charge is 2.13. The lowest BCUT2D eigenvalue weighted by molar-refractivity contribution is 0.167. The Kier molecular flexibility index (Phi) is 3.50. The smallest absolute Gasteiger partial charge is 0.275 e. The first-order chi connectivity index (χ1) is 5.29. The van der Waals surface area contributed by atoms with E-state index < -0.39 is 0 Å². The summed E-state index contributed by atoms with van der Waals surface area (Å²) in [6, 6.07) is 0. The summed E-state index contributed by atoms with van der Waals surface area (Å²) in [4.78, 5) is 0. The van der Waals surface area contributed by atoms with E-state index >= 15 is 0 Å². The minimum Gasteiger partial charge on any atom is -0.513 e. The lowest BCUT2D eigenvalue weighted by atomic mass is 9.85. The second kappa shape index (κ2) is 4.44. The van der Waals surface area contributed by atoms with E-state index in [1.54, 1.807) is 0 Å². The summed E-state index contributed by atoms with van der Waals surface area (Å²) >= 11 is 0. The van der Waals surface area contributed by atoms with Gasteiger partial charge in [-0.05, 0) is 12.8 Å². The second-order valence-corrected chi connectivity index (χ2v) is 3.09. The molecule has 1 heterocycles. The van der Waals surface area contributed by atoms with Crippen LogP contribution in [0.15, 0.2) is 12.3 Å². The van der Waals surface area contributed by atoms with E-state index in [1.165, 1.54) is 12.7 Å². The van der Waals surface area contributed by atoms with Gasteiger partial charge in [-0.1, -0.05) is 19.3 Å². The molecule has 0 aromatic heterocycles. The average molecular weight is 154 g/mol. The van der Waals surface area contributed by atoms with Crippen molar-refractivity contribution in [2.45, 2.75) is 38.1 Å². The van der Waals surface area contributed by atoms with Gasteiger partial charge in [0.25, 0.3) is 7.48 Å². The van der Waals surface area contributed by atoms with Crippen molar-refractivity contribution in [1.82, 2.24) is 0 Å². The summed E-state index contributed by atoms with van der Waals surface area (Å²) in [5, 5.41) is 8.83. The van der Waals surface area contributed by atoms with Crippen LogP contribution in [0.3, 0.4) is 0 Å². The number of hydrogen-bond acceptors (Lipinski definition) is 2. The van der Waals surface area contributed by atoms with Crippen molar-refractivity contribution in [2.24, 2.45) is 0 Å². The molecule has 1 saturated heterocycles. The lowest BCUT2D eigenvalue weighted by Gasteiger charge is -2.21. The molecule has 1 aliphatic rings. The first-order valence-corrected chi connectivity index (χ1v) is 4.27. The van der Waals surface area contributed by atoms with Crippen LogP contribution in [-0.2, 0) is 4.65 Å². The maximum Gasteiger partial charge on any atom is 0.275 e. The van der Waals surface area contributed by atoms with Crippen molar-refractivity contribution < 1.29 is 9.76 Å². The largest absolute Gasteiger partial charge is 0.513 e. The molecule has 1 rings (SSSR count). The second-order valence-electron chi connectivity index (χ2n) is 3.09. The third-order valence-electron chi connectivity index (χ3n) is 2.03. The van der Waals surface area contributed by atoms with Gasteiger partial charge in [0.05, 0.1) is 5.76 Å². The Morgan fingerprint density at radius 1 is 1.73 bits per heavy atom. The SMILES string of the molecule is C=C(O)CCC1CCCBO1. The fourth-order valence-electron chi connectivity index (χ4n) is 1.36. The van der Waals surface area contributed by atoms with Crippen LogP contribution in [0.2, 0.25) is 6.32 Å². The van der Waals surface area contributed by atoms with E-state index in [4.69, 9.17) is 9.76 Å². The first-order valence-electron chi connectivity index (χ1n) is 4.27. The summed E-state index contributed by atoms with van der Waals surface area (Å²) in [6.07, 6.45) is 5.58. The van der Waals surface area contributed by atoms with Gasteiger partial charge < -0.3 is 9.76 Å². The first kappa shape index (κ1) is 8.66. The topological polar surface area (TPSA) is 29.5 Å². The number of aliphatic hydroxyl groups is 1. The summed E-state index contributed by atoms with van der Waals surface area (Å²) in [6.45, 7) is 3.44. The van der Waals surface area contributed by atoms with E-state index in [2.05, 4.69) is 6.58 Å². The number of rotatable bonds is 3. The summed E-state index contributed by atoms with van der Waals surface area (Å²) < 4.78 is 5.48. The van der Waals surface area contributed by atoms with Gasteiger partial charge in [-0.15, -0.1) is 0 Å². The molecule has 1 N–H and O–H groups in total. The van der Waals surface area contributed by atoms with Gasteiger partial charge in [-0.2, -0.15) is 0 Å². The predicted molar refractivity (Wildman–Crippen MR) is 47.1 cm³/mol. The zero-order valence-corrected chi connectivity index (χ0v) is 6.88. The van der Waals surface area contributed by atoms with Crippen molar-refractivity contribution in [3.63, 3.8) is 0 Å². The van der Waals surface area contributed by atoms with Gasteiger partial charge in [-0.3, -0.25) is 0 Å². The zero-order chi connectivity index (χ0) is 8.10. The molecule has 1 atom stereocenters. The summed E-state index contributed by atoms with van der Waals surface area (Å²) in [7, 11) is 0.891. The molecule has 62 valence electrons. The van der Waals surface area contributed by atoms with Gasteiger partial charge in [0, 0.05) is 12.5 Å². The molecule has 0 aliphatic carbocycles. The quantitative estimate of drug-likeness (QED) is 0.495. The zero-order valence-electron chi connectivity index (χ0n) is 6.88.